The number of imidazole rings is 1. The van der Waals surface area contributed by atoms with Crippen LogP contribution < -0.4 is 5.32 Å². The second-order valence-corrected chi connectivity index (χ2v) is 7.10. The molecule has 0 spiro atoms. The fourth-order valence-corrected chi connectivity index (χ4v) is 3.43. The summed E-state index contributed by atoms with van der Waals surface area (Å²) in [5.74, 6) is 0.503. The Morgan fingerprint density at radius 2 is 1.87 bits per heavy atom. The van der Waals surface area contributed by atoms with Crippen molar-refractivity contribution in [2.24, 2.45) is 0 Å². The van der Waals surface area contributed by atoms with E-state index in [1.54, 1.807) is 18.3 Å². The summed E-state index contributed by atoms with van der Waals surface area (Å²) in [6.07, 6.45) is 1.80. The first kappa shape index (κ1) is 18.1. The molecule has 5 aromatic rings. The van der Waals surface area contributed by atoms with Crippen molar-refractivity contribution in [2.75, 3.05) is 5.32 Å². The second-order valence-electron chi connectivity index (χ2n) is 7.10. The number of nitrogens with one attached hydrogen (secondary N) is 3. The van der Waals surface area contributed by atoms with Crippen LogP contribution in [0.5, 0.6) is 0 Å². The molecule has 2 aromatic carbocycles. The van der Waals surface area contributed by atoms with E-state index in [1.807, 2.05) is 37.3 Å². The third-order valence-electron chi connectivity index (χ3n) is 4.92. The molecule has 0 unspecified atom stereocenters. The van der Waals surface area contributed by atoms with Crippen LogP contribution in [0.2, 0.25) is 0 Å². The molecule has 7 heteroatoms. The van der Waals surface area contributed by atoms with Crippen LogP contribution in [0.1, 0.15) is 11.5 Å². The van der Waals surface area contributed by atoms with Gasteiger partial charge < -0.3 is 10.3 Å². The summed E-state index contributed by atoms with van der Waals surface area (Å²) >= 11 is 0. The molecule has 148 valence electrons. The van der Waals surface area contributed by atoms with E-state index in [1.165, 1.54) is 12.1 Å². The van der Waals surface area contributed by atoms with E-state index in [9.17, 15) is 4.39 Å². The molecular weight excluding hydrogens is 379 g/mol. The predicted molar refractivity (Wildman–Crippen MR) is 115 cm³/mol. The molecule has 0 aliphatic carbocycles. The Morgan fingerprint density at radius 3 is 2.70 bits per heavy atom. The molecule has 3 aromatic heterocycles. The van der Waals surface area contributed by atoms with Gasteiger partial charge in [-0.15, -0.1) is 0 Å². The number of fused-ring (bicyclic) bond motifs is 1. The van der Waals surface area contributed by atoms with E-state index < -0.39 is 0 Å². The normalized spacial score (nSPS) is 11.1. The van der Waals surface area contributed by atoms with Crippen LogP contribution >= 0.6 is 0 Å². The van der Waals surface area contributed by atoms with Crippen molar-refractivity contribution < 1.29 is 4.39 Å². The third kappa shape index (κ3) is 3.53. The van der Waals surface area contributed by atoms with E-state index in [-0.39, 0.29) is 5.82 Å². The van der Waals surface area contributed by atoms with Crippen LogP contribution in [-0.4, -0.2) is 25.1 Å². The number of H-pyrrole nitrogens is 2. The fourth-order valence-electron chi connectivity index (χ4n) is 3.43. The van der Waals surface area contributed by atoms with Crippen molar-refractivity contribution in [3.8, 4) is 22.6 Å². The average molecular weight is 398 g/mol. The van der Waals surface area contributed by atoms with Crippen molar-refractivity contribution in [1.29, 1.82) is 0 Å². The van der Waals surface area contributed by atoms with Gasteiger partial charge in [-0.05, 0) is 55.5 Å². The molecule has 3 N–H and O–H groups in total. The summed E-state index contributed by atoms with van der Waals surface area (Å²) in [4.78, 5) is 12.9. The number of hydrogen-bond acceptors (Lipinski definition) is 4. The number of hydrogen-bond donors (Lipinski definition) is 3. The van der Waals surface area contributed by atoms with Gasteiger partial charge in [0, 0.05) is 22.3 Å². The first-order valence-corrected chi connectivity index (χ1v) is 9.61. The van der Waals surface area contributed by atoms with Gasteiger partial charge in [0.15, 0.2) is 0 Å². The number of aromatic nitrogens is 5. The molecule has 0 atom stereocenters. The zero-order valence-electron chi connectivity index (χ0n) is 16.3. The van der Waals surface area contributed by atoms with Gasteiger partial charge in [0.25, 0.3) is 0 Å². The Hall–Kier alpha value is -4.00. The smallest absolute Gasteiger partial charge is 0.126 e. The maximum absolute atomic E-state index is 13.1. The minimum Gasteiger partial charge on any atom is -0.378 e. The number of halogens is 1. The van der Waals surface area contributed by atoms with Crippen molar-refractivity contribution in [3.63, 3.8) is 0 Å². The van der Waals surface area contributed by atoms with Gasteiger partial charge in [0.2, 0.25) is 0 Å². The van der Waals surface area contributed by atoms with Crippen LogP contribution in [0.25, 0.3) is 33.5 Å². The lowest BCUT2D eigenvalue weighted by Gasteiger charge is -2.04. The topological polar surface area (TPSA) is 82.3 Å². The summed E-state index contributed by atoms with van der Waals surface area (Å²) in [6.45, 7) is 2.44. The first-order valence-electron chi connectivity index (χ1n) is 9.61. The Balaban J connectivity index is 1.54. The summed E-state index contributed by atoms with van der Waals surface area (Å²) in [5, 5.41) is 11.4. The lowest BCUT2D eigenvalue weighted by molar-refractivity contribution is 0.628. The first-order chi connectivity index (χ1) is 14.7. The minimum absolute atomic E-state index is 0.261. The van der Waals surface area contributed by atoms with Crippen molar-refractivity contribution in [2.45, 2.75) is 13.5 Å². The summed E-state index contributed by atoms with van der Waals surface area (Å²) in [7, 11) is 0. The Labute approximate surface area is 172 Å². The average Bonchev–Trinajstić information content (AvgIpc) is 3.40. The molecule has 0 radical (unpaired) electrons. The molecule has 3 heterocycles. The number of benzene rings is 2. The minimum atomic E-state index is -0.261. The number of pyridine rings is 1. The van der Waals surface area contributed by atoms with Crippen LogP contribution in [0.4, 0.5) is 10.1 Å². The number of aryl methyl sites for hydroxylation is 1. The van der Waals surface area contributed by atoms with Crippen molar-refractivity contribution in [1.82, 2.24) is 25.1 Å². The monoisotopic (exact) mass is 398 g/mol. The Morgan fingerprint density at radius 1 is 1.00 bits per heavy atom. The number of nitrogens with zero attached hydrogens (tertiary/aromatic N) is 3. The van der Waals surface area contributed by atoms with Gasteiger partial charge in [-0.25, -0.2) is 9.37 Å². The number of rotatable bonds is 5. The molecule has 6 nitrogen and oxygen atoms in total. The van der Waals surface area contributed by atoms with Crippen LogP contribution in [0.3, 0.4) is 0 Å². The molecule has 0 saturated heterocycles. The van der Waals surface area contributed by atoms with E-state index >= 15 is 0 Å². The molecule has 30 heavy (non-hydrogen) atoms. The maximum Gasteiger partial charge on any atom is 0.126 e. The summed E-state index contributed by atoms with van der Waals surface area (Å²) in [6, 6.07) is 18.3. The molecule has 0 saturated carbocycles. The standard InChI is InChI=1S/C23H19FN6/c1-14-3-2-4-20(27-14)23-22(15-5-10-19-16(11-15)12-26-30-19)28-21(29-23)13-25-18-8-6-17(24)7-9-18/h2-12,25H,13H2,1H3,(H,26,30)(H,28,29). The predicted octanol–water partition coefficient (Wildman–Crippen LogP) is 5.07. The maximum atomic E-state index is 13.1. The van der Waals surface area contributed by atoms with Gasteiger partial charge in [0.1, 0.15) is 11.6 Å². The highest BCUT2D eigenvalue weighted by Gasteiger charge is 2.16. The SMILES string of the molecule is Cc1cccc(-c2[nH]c(CNc3ccc(F)cc3)nc2-c2ccc3[nH]ncc3c2)n1. The lowest BCUT2D eigenvalue weighted by atomic mass is 10.1. The van der Waals surface area contributed by atoms with Crippen molar-refractivity contribution >= 4 is 16.6 Å². The quantitative estimate of drug-likeness (QED) is 0.386. The van der Waals surface area contributed by atoms with Gasteiger partial charge in [0.05, 0.1) is 35.3 Å². The molecule has 0 bridgehead atoms. The van der Waals surface area contributed by atoms with Gasteiger partial charge in [-0.1, -0.05) is 12.1 Å². The van der Waals surface area contributed by atoms with Gasteiger partial charge in [-0.3, -0.25) is 10.1 Å². The molecule has 5 rings (SSSR count). The fraction of sp³-hybridized carbons (Fsp3) is 0.0870. The zero-order chi connectivity index (χ0) is 20.5. The lowest BCUT2D eigenvalue weighted by Crippen LogP contribution is -2.01. The van der Waals surface area contributed by atoms with Gasteiger partial charge in [-0.2, -0.15) is 5.10 Å². The van der Waals surface area contributed by atoms with E-state index in [2.05, 4.69) is 31.5 Å². The molecule has 0 aliphatic rings. The van der Waals surface area contributed by atoms with Crippen LogP contribution in [0.15, 0.2) is 66.9 Å². The van der Waals surface area contributed by atoms with E-state index in [4.69, 9.17) is 4.98 Å². The largest absolute Gasteiger partial charge is 0.378 e. The van der Waals surface area contributed by atoms with Crippen LogP contribution in [-0.2, 0) is 6.54 Å². The van der Waals surface area contributed by atoms with Crippen molar-refractivity contribution in [3.05, 3.63) is 84.2 Å². The Kier molecular flexibility index (Phi) is 4.48. The third-order valence-corrected chi connectivity index (χ3v) is 4.92. The molecule has 0 aliphatic heterocycles. The summed E-state index contributed by atoms with van der Waals surface area (Å²) in [5.41, 5.74) is 6.23. The highest BCUT2D eigenvalue weighted by Crippen LogP contribution is 2.31. The highest BCUT2D eigenvalue weighted by molar-refractivity contribution is 5.86. The molecule has 0 fully saturated rings. The highest BCUT2D eigenvalue weighted by atomic mass is 19.1. The number of anilines is 1. The second kappa shape index (κ2) is 7.44. The molecule has 0 amide bonds. The van der Waals surface area contributed by atoms with E-state index in [0.717, 1.165) is 50.8 Å². The Bertz CT molecular complexity index is 1320. The van der Waals surface area contributed by atoms with Gasteiger partial charge >= 0.3 is 0 Å². The van der Waals surface area contributed by atoms with E-state index in [0.29, 0.717) is 6.54 Å². The molecular formula is C23H19FN6. The summed E-state index contributed by atoms with van der Waals surface area (Å²) < 4.78 is 13.1. The zero-order valence-corrected chi connectivity index (χ0v) is 16.3. The number of aromatic amines is 2. The van der Waals surface area contributed by atoms with Crippen LogP contribution in [0, 0.1) is 12.7 Å².